The Morgan fingerprint density at radius 1 is 1.53 bits per heavy atom. The van der Waals surface area contributed by atoms with Gasteiger partial charge in [-0.3, -0.25) is 0 Å². The number of furan rings is 1. The van der Waals surface area contributed by atoms with E-state index in [9.17, 15) is 0 Å². The van der Waals surface area contributed by atoms with Crippen molar-refractivity contribution in [3.05, 3.63) is 33.4 Å². The van der Waals surface area contributed by atoms with Crippen molar-refractivity contribution in [2.24, 2.45) is 0 Å². The van der Waals surface area contributed by atoms with Crippen LogP contribution in [0.5, 0.6) is 0 Å². The highest BCUT2D eigenvalue weighted by molar-refractivity contribution is 14.1. The lowest BCUT2D eigenvalue weighted by Crippen LogP contribution is -2.11. The van der Waals surface area contributed by atoms with Gasteiger partial charge in [0.05, 0.1) is 9.77 Å². The molecule has 0 aliphatic heterocycles. The number of nitrogen functional groups attached to an aromatic ring is 1. The Bertz CT molecular complexity index is 475. The van der Waals surface area contributed by atoms with Crippen molar-refractivity contribution < 1.29 is 4.42 Å². The van der Waals surface area contributed by atoms with Crippen molar-refractivity contribution >= 4 is 28.4 Å². The van der Waals surface area contributed by atoms with Crippen LogP contribution in [-0.4, -0.2) is 9.78 Å². The van der Waals surface area contributed by atoms with Gasteiger partial charge in [0, 0.05) is 0 Å². The molecule has 0 saturated carbocycles. The first-order valence-electron chi connectivity index (χ1n) is 4.64. The lowest BCUT2D eigenvalue weighted by atomic mass is 10.2. The minimum absolute atomic E-state index is 0.0298. The fourth-order valence-electron chi connectivity index (χ4n) is 1.46. The summed E-state index contributed by atoms with van der Waals surface area (Å²) in [6, 6.07) is 3.92. The minimum Gasteiger partial charge on any atom is -0.464 e. The van der Waals surface area contributed by atoms with Gasteiger partial charge in [0.1, 0.15) is 23.4 Å². The fraction of sp³-hybridized carbons (Fsp3) is 0.300. The van der Waals surface area contributed by atoms with Crippen molar-refractivity contribution in [1.82, 2.24) is 9.78 Å². The van der Waals surface area contributed by atoms with E-state index in [0.29, 0.717) is 5.82 Å². The van der Waals surface area contributed by atoms with E-state index in [4.69, 9.17) is 10.2 Å². The Labute approximate surface area is 102 Å². The van der Waals surface area contributed by atoms with Crippen LogP contribution in [0.3, 0.4) is 0 Å². The number of hydrogen-bond donors (Lipinski definition) is 1. The van der Waals surface area contributed by atoms with Gasteiger partial charge in [-0.05, 0) is 48.6 Å². The predicted octanol–water partition coefficient (Wildman–Crippen LogP) is 2.58. The molecule has 1 unspecified atom stereocenters. The summed E-state index contributed by atoms with van der Waals surface area (Å²) in [4.78, 5) is 0. The van der Waals surface area contributed by atoms with Crippen LogP contribution < -0.4 is 5.73 Å². The zero-order valence-electron chi connectivity index (χ0n) is 8.57. The topological polar surface area (TPSA) is 57.0 Å². The van der Waals surface area contributed by atoms with E-state index >= 15 is 0 Å². The molecule has 0 aliphatic carbocycles. The third-order valence-corrected chi connectivity index (χ3v) is 3.16. The zero-order chi connectivity index (χ0) is 11.0. The molecule has 2 aromatic rings. The highest BCUT2D eigenvalue weighted by atomic mass is 127. The molecule has 0 radical (unpaired) electrons. The summed E-state index contributed by atoms with van der Waals surface area (Å²) < 4.78 is 8.27. The van der Waals surface area contributed by atoms with E-state index in [2.05, 4.69) is 27.7 Å². The molecule has 0 aliphatic rings. The maximum atomic E-state index is 5.90. The van der Waals surface area contributed by atoms with Gasteiger partial charge >= 0.3 is 0 Å². The number of halogens is 1. The molecule has 80 valence electrons. The van der Waals surface area contributed by atoms with E-state index in [0.717, 1.165) is 15.1 Å². The van der Waals surface area contributed by atoms with Gasteiger partial charge in [0.2, 0.25) is 0 Å². The van der Waals surface area contributed by atoms with Crippen LogP contribution >= 0.6 is 22.6 Å². The molecule has 0 spiro atoms. The first-order valence-corrected chi connectivity index (χ1v) is 5.72. The molecule has 1 atom stereocenters. The first-order chi connectivity index (χ1) is 7.09. The number of anilines is 1. The van der Waals surface area contributed by atoms with Crippen molar-refractivity contribution in [3.8, 4) is 0 Å². The Kier molecular flexibility index (Phi) is 2.72. The number of nitrogens with two attached hydrogens (primary N) is 1. The van der Waals surface area contributed by atoms with Crippen molar-refractivity contribution in [1.29, 1.82) is 0 Å². The molecule has 0 saturated heterocycles. The van der Waals surface area contributed by atoms with Gasteiger partial charge in [0.15, 0.2) is 0 Å². The van der Waals surface area contributed by atoms with Crippen molar-refractivity contribution in [2.45, 2.75) is 19.9 Å². The monoisotopic (exact) mass is 317 g/mol. The van der Waals surface area contributed by atoms with Gasteiger partial charge in [-0.15, -0.1) is 0 Å². The van der Waals surface area contributed by atoms with E-state index in [1.807, 2.05) is 26.0 Å². The summed E-state index contributed by atoms with van der Waals surface area (Å²) in [6.07, 6.45) is 1.75. The number of hydrogen-bond acceptors (Lipinski definition) is 3. The van der Waals surface area contributed by atoms with Crippen LogP contribution in [-0.2, 0) is 0 Å². The van der Waals surface area contributed by atoms with Crippen LogP contribution in [0.1, 0.15) is 24.5 Å². The summed E-state index contributed by atoms with van der Waals surface area (Å²) in [6.45, 7) is 3.93. The predicted molar refractivity (Wildman–Crippen MR) is 66.6 cm³/mol. The molecule has 0 amide bonds. The molecule has 4 nitrogen and oxygen atoms in total. The highest BCUT2D eigenvalue weighted by Crippen LogP contribution is 2.24. The second-order valence-electron chi connectivity index (χ2n) is 3.45. The highest BCUT2D eigenvalue weighted by Gasteiger charge is 2.16. The van der Waals surface area contributed by atoms with Crippen molar-refractivity contribution in [2.75, 3.05) is 5.73 Å². The molecular weight excluding hydrogens is 305 g/mol. The average molecular weight is 317 g/mol. The fourth-order valence-corrected chi connectivity index (χ4v) is 1.83. The molecule has 0 aromatic carbocycles. The van der Waals surface area contributed by atoms with Crippen molar-refractivity contribution in [3.63, 3.8) is 0 Å². The summed E-state index contributed by atoms with van der Waals surface area (Å²) in [5.41, 5.74) is 5.90. The molecule has 15 heavy (non-hydrogen) atoms. The van der Waals surface area contributed by atoms with Crippen LogP contribution in [0, 0.1) is 10.5 Å². The molecule has 2 heterocycles. The second kappa shape index (κ2) is 3.88. The van der Waals surface area contributed by atoms with Crippen LogP contribution in [0.15, 0.2) is 22.7 Å². The lowest BCUT2D eigenvalue weighted by Gasteiger charge is -2.11. The SMILES string of the molecule is Cc1ccc(C(C)n2ncc(I)c2N)o1. The third-order valence-electron chi connectivity index (χ3n) is 2.33. The number of aryl methyl sites for hydroxylation is 1. The van der Waals surface area contributed by atoms with Gasteiger partial charge in [0.25, 0.3) is 0 Å². The maximum absolute atomic E-state index is 5.90. The molecule has 2 aromatic heterocycles. The molecule has 0 bridgehead atoms. The Balaban J connectivity index is 2.36. The Morgan fingerprint density at radius 3 is 2.73 bits per heavy atom. The summed E-state index contributed by atoms with van der Waals surface area (Å²) in [5.74, 6) is 2.45. The van der Waals surface area contributed by atoms with E-state index in [-0.39, 0.29) is 6.04 Å². The Hall–Kier alpha value is -0.980. The van der Waals surface area contributed by atoms with Gasteiger partial charge in [-0.2, -0.15) is 5.10 Å². The van der Waals surface area contributed by atoms with E-state index < -0.39 is 0 Å². The zero-order valence-corrected chi connectivity index (χ0v) is 10.7. The quantitative estimate of drug-likeness (QED) is 0.866. The largest absolute Gasteiger partial charge is 0.464 e. The summed E-state index contributed by atoms with van der Waals surface area (Å²) in [7, 11) is 0. The molecule has 0 fully saturated rings. The number of aromatic nitrogens is 2. The molecule has 2 N–H and O–H groups in total. The minimum atomic E-state index is 0.0298. The third kappa shape index (κ3) is 1.88. The average Bonchev–Trinajstić information content (AvgIpc) is 2.75. The van der Waals surface area contributed by atoms with Crippen LogP contribution in [0.25, 0.3) is 0 Å². The molecule has 5 heteroatoms. The van der Waals surface area contributed by atoms with Gasteiger partial charge in [-0.1, -0.05) is 0 Å². The smallest absolute Gasteiger partial charge is 0.136 e. The number of rotatable bonds is 2. The first kappa shape index (κ1) is 10.5. The maximum Gasteiger partial charge on any atom is 0.136 e. The summed E-state index contributed by atoms with van der Waals surface area (Å²) >= 11 is 2.16. The lowest BCUT2D eigenvalue weighted by molar-refractivity contribution is 0.414. The Morgan fingerprint density at radius 2 is 2.27 bits per heavy atom. The second-order valence-corrected chi connectivity index (χ2v) is 4.61. The summed E-state index contributed by atoms with van der Waals surface area (Å²) in [5, 5.41) is 4.23. The molecular formula is C10H12IN3O. The van der Waals surface area contributed by atoms with Gasteiger partial charge < -0.3 is 10.2 Å². The normalized spacial score (nSPS) is 13.0. The van der Waals surface area contributed by atoms with Gasteiger partial charge in [-0.25, -0.2) is 4.68 Å². The van der Waals surface area contributed by atoms with Crippen LogP contribution in [0.2, 0.25) is 0 Å². The number of nitrogens with zero attached hydrogens (tertiary/aromatic N) is 2. The molecule has 2 rings (SSSR count). The van der Waals surface area contributed by atoms with Crippen LogP contribution in [0.4, 0.5) is 5.82 Å². The van der Waals surface area contributed by atoms with E-state index in [1.54, 1.807) is 10.9 Å². The standard InChI is InChI=1S/C10H12IN3O/c1-6-3-4-9(15-6)7(2)14-10(12)8(11)5-13-14/h3-5,7H,12H2,1-2H3. The van der Waals surface area contributed by atoms with E-state index in [1.165, 1.54) is 0 Å².